The molecule has 4 nitrogen and oxygen atoms in total. The van der Waals surface area contributed by atoms with E-state index in [-0.39, 0.29) is 17.8 Å². The Labute approximate surface area is 133 Å². The van der Waals surface area contributed by atoms with Gasteiger partial charge in [-0.3, -0.25) is 4.79 Å². The molecule has 0 aliphatic rings. The number of halogens is 1. The molecule has 1 atom stereocenters. The lowest BCUT2D eigenvalue weighted by Crippen LogP contribution is -2.27. The monoisotopic (exact) mass is 311 g/mol. The van der Waals surface area contributed by atoms with Crippen molar-refractivity contribution < 1.29 is 9.18 Å². The Morgan fingerprint density at radius 2 is 2.09 bits per heavy atom. The van der Waals surface area contributed by atoms with Crippen LogP contribution < -0.4 is 5.32 Å². The van der Waals surface area contributed by atoms with E-state index in [1.807, 2.05) is 37.3 Å². The molecule has 1 amide bonds. The zero-order valence-electron chi connectivity index (χ0n) is 12.8. The number of amides is 1. The predicted octanol–water partition coefficient (Wildman–Crippen LogP) is 3.51. The van der Waals surface area contributed by atoms with Crippen molar-refractivity contribution >= 4 is 16.9 Å². The number of rotatable bonds is 5. The van der Waals surface area contributed by atoms with Gasteiger partial charge >= 0.3 is 0 Å². The minimum atomic E-state index is -0.279. The predicted molar refractivity (Wildman–Crippen MR) is 87.4 cm³/mol. The summed E-state index contributed by atoms with van der Waals surface area (Å²) in [6, 6.07) is 13.9. The van der Waals surface area contributed by atoms with E-state index in [1.165, 1.54) is 12.1 Å². The van der Waals surface area contributed by atoms with Crippen LogP contribution in [-0.4, -0.2) is 15.9 Å². The number of aryl methyl sites for hydroxylation is 1. The van der Waals surface area contributed by atoms with Crippen LogP contribution in [0.1, 0.15) is 30.8 Å². The van der Waals surface area contributed by atoms with E-state index < -0.39 is 0 Å². The minimum Gasteiger partial charge on any atom is -0.346 e. The lowest BCUT2D eigenvalue weighted by molar-refractivity contribution is -0.121. The van der Waals surface area contributed by atoms with Crippen LogP contribution in [-0.2, 0) is 11.2 Å². The molecule has 23 heavy (non-hydrogen) atoms. The molecule has 0 fully saturated rings. The molecule has 3 aromatic rings. The van der Waals surface area contributed by atoms with Gasteiger partial charge in [0.15, 0.2) is 0 Å². The summed E-state index contributed by atoms with van der Waals surface area (Å²) in [7, 11) is 0. The highest BCUT2D eigenvalue weighted by atomic mass is 19.1. The van der Waals surface area contributed by atoms with Gasteiger partial charge in [0.1, 0.15) is 11.6 Å². The minimum absolute atomic E-state index is 0.0813. The van der Waals surface area contributed by atoms with Crippen LogP contribution in [0.5, 0.6) is 0 Å². The lowest BCUT2D eigenvalue weighted by atomic mass is 10.1. The second-order valence-electron chi connectivity index (χ2n) is 5.56. The van der Waals surface area contributed by atoms with Crippen LogP contribution in [0, 0.1) is 5.82 Å². The normalized spacial score (nSPS) is 12.3. The first kappa shape index (κ1) is 15.2. The number of hydrogen-bond acceptors (Lipinski definition) is 2. The number of benzene rings is 2. The molecule has 2 N–H and O–H groups in total. The summed E-state index contributed by atoms with van der Waals surface area (Å²) < 4.78 is 13.1. The summed E-state index contributed by atoms with van der Waals surface area (Å²) >= 11 is 0. The van der Waals surface area contributed by atoms with Crippen LogP contribution >= 0.6 is 0 Å². The van der Waals surface area contributed by atoms with Crippen molar-refractivity contribution in [3.63, 3.8) is 0 Å². The number of hydrogen-bond donors (Lipinski definition) is 2. The van der Waals surface area contributed by atoms with Gasteiger partial charge in [-0.15, -0.1) is 0 Å². The van der Waals surface area contributed by atoms with Crippen molar-refractivity contribution in [1.82, 2.24) is 15.3 Å². The molecule has 0 saturated carbocycles. The SMILES string of the molecule is CC(NC(=O)CCc1cccc(F)c1)c1nc2ccccc2[nH]1. The number of aromatic amines is 1. The zero-order chi connectivity index (χ0) is 16.2. The van der Waals surface area contributed by atoms with E-state index in [0.717, 1.165) is 22.4 Å². The fourth-order valence-electron chi connectivity index (χ4n) is 2.51. The van der Waals surface area contributed by atoms with Gasteiger partial charge in [0.25, 0.3) is 0 Å². The highest BCUT2D eigenvalue weighted by Crippen LogP contribution is 2.15. The lowest BCUT2D eigenvalue weighted by Gasteiger charge is -2.11. The molecule has 3 rings (SSSR count). The van der Waals surface area contributed by atoms with Crippen LogP contribution in [0.25, 0.3) is 11.0 Å². The Morgan fingerprint density at radius 1 is 1.26 bits per heavy atom. The average molecular weight is 311 g/mol. The number of imidazole rings is 1. The quantitative estimate of drug-likeness (QED) is 0.757. The second kappa shape index (κ2) is 6.60. The second-order valence-corrected chi connectivity index (χ2v) is 5.56. The summed E-state index contributed by atoms with van der Waals surface area (Å²) in [4.78, 5) is 19.7. The molecule has 118 valence electrons. The molecule has 5 heteroatoms. The Bertz CT molecular complexity index is 795. The molecule has 0 aliphatic carbocycles. The van der Waals surface area contributed by atoms with Gasteiger partial charge in [0.05, 0.1) is 17.1 Å². The van der Waals surface area contributed by atoms with Gasteiger partial charge in [-0.25, -0.2) is 9.37 Å². The van der Waals surface area contributed by atoms with Gasteiger partial charge < -0.3 is 10.3 Å². The Morgan fingerprint density at radius 3 is 2.87 bits per heavy atom. The van der Waals surface area contributed by atoms with Crippen molar-refractivity contribution in [2.45, 2.75) is 25.8 Å². The average Bonchev–Trinajstić information content (AvgIpc) is 2.97. The summed E-state index contributed by atoms with van der Waals surface area (Å²) in [5.74, 6) is 0.367. The molecular weight excluding hydrogens is 293 g/mol. The third-order valence-corrected chi connectivity index (χ3v) is 3.73. The largest absolute Gasteiger partial charge is 0.346 e. The summed E-state index contributed by atoms with van der Waals surface area (Å²) in [5.41, 5.74) is 2.64. The zero-order valence-corrected chi connectivity index (χ0v) is 12.8. The van der Waals surface area contributed by atoms with Crippen LogP contribution in [0.15, 0.2) is 48.5 Å². The maximum absolute atomic E-state index is 13.1. The first-order chi connectivity index (χ1) is 11.1. The number of H-pyrrole nitrogens is 1. The standard InChI is InChI=1S/C18H18FN3O/c1-12(18-21-15-7-2-3-8-16(15)22-18)20-17(23)10-9-13-5-4-6-14(19)11-13/h2-8,11-12H,9-10H2,1H3,(H,20,23)(H,21,22). The van der Waals surface area contributed by atoms with Crippen molar-refractivity contribution in [1.29, 1.82) is 0 Å². The smallest absolute Gasteiger partial charge is 0.220 e. The third kappa shape index (κ3) is 3.74. The van der Waals surface area contributed by atoms with Gasteiger partial charge in [-0.05, 0) is 43.2 Å². The molecule has 0 spiro atoms. The molecule has 1 unspecified atom stereocenters. The maximum atomic E-state index is 13.1. The van der Waals surface area contributed by atoms with Gasteiger partial charge in [-0.1, -0.05) is 24.3 Å². The van der Waals surface area contributed by atoms with Gasteiger partial charge in [-0.2, -0.15) is 0 Å². The number of carbonyl (C=O) groups excluding carboxylic acids is 1. The fraction of sp³-hybridized carbons (Fsp3) is 0.222. The van der Waals surface area contributed by atoms with Crippen LogP contribution in [0.4, 0.5) is 4.39 Å². The first-order valence-electron chi connectivity index (χ1n) is 7.60. The Kier molecular flexibility index (Phi) is 4.37. The molecule has 0 radical (unpaired) electrons. The molecule has 2 aromatic carbocycles. The molecule has 1 aromatic heterocycles. The number of nitrogens with zero attached hydrogens (tertiary/aromatic N) is 1. The highest BCUT2D eigenvalue weighted by molar-refractivity contribution is 5.77. The number of aromatic nitrogens is 2. The number of fused-ring (bicyclic) bond motifs is 1. The maximum Gasteiger partial charge on any atom is 0.220 e. The third-order valence-electron chi connectivity index (χ3n) is 3.73. The topological polar surface area (TPSA) is 57.8 Å². The molecule has 0 aliphatic heterocycles. The van der Waals surface area contributed by atoms with Crippen molar-refractivity contribution in [2.75, 3.05) is 0 Å². The molecular formula is C18H18FN3O. The highest BCUT2D eigenvalue weighted by Gasteiger charge is 2.13. The fourth-order valence-corrected chi connectivity index (χ4v) is 2.51. The van der Waals surface area contributed by atoms with Crippen LogP contribution in [0.2, 0.25) is 0 Å². The Hall–Kier alpha value is -2.69. The number of nitrogens with one attached hydrogen (secondary N) is 2. The van der Waals surface area contributed by atoms with E-state index in [9.17, 15) is 9.18 Å². The molecule has 1 heterocycles. The van der Waals surface area contributed by atoms with E-state index >= 15 is 0 Å². The molecule has 0 bridgehead atoms. The van der Waals surface area contributed by atoms with Crippen LogP contribution in [0.3, 0.4) is 0 Å². The molecule has 0 saturated heterocycles. The van der Waals surface area contributed by atoms with E-state index in [4.69, 9.17) is 0 Å². The van der Waals surface area contributed by atoms with Crippen molar-refractivity contribution in [2.24, 2.45) is 0 Å². The summed E-state index contributed by atoms with van der Waals surface area (Å²) in [5, 5.41) is 2.92. The summed E-state index contributed by atoms with van der Waals surface area (Å²) in [6.07, 6.45) is 0.824. The number of para-hydroxylation sites is 2. The first-order valence-corrected chi connectivity index (χ1v) is 7.60. The van der Waals surface area contributed by atoms with E-state index in [0.29, 0.717) is 12.8 Å². The van der Waals surface area contributed by atoms with E-state index in [2.05, 4.69) is 15.3 Å². The number of carbonyl (C=O) groups is 1. The summed E-state index contributed by atoms with van der Waals surface area (Å²) in [6.45, 7) is 1.89. The van der Waals surface area contributed by atoms with Crippen molar-refractivity contribution in [3.05, 3.63) is 65.7 Å². The Balaban J connectivity index is 1.58. The van der Waals surface area contributed by atoms with Gasteiger partial charge in [0, 0.05) is 6.42 Å². The van der Waals surface area contributed by atoms with Gasteiger partial charge in [0.2, 0.25) is 5.91 Å². The van der Waals surface area contributed by atoms with Crippen molar-refractivity contribution in [3.8, 4) is 0 Å². The van der Waals surface area contributed by atoms with E-state index in [1.54, 1.807) is 6.07 Å².